The van der Waals surface area contributed by atoms with Gasteiger partial charge in [0.25, 0.3) is 0 Å². The summed E-state index contributed by atoms with van der Waals surface area (Å²) in [6, 6.07) is 6.81. The molecule has 1 aliphatic rings. The summed E-state index contributed by atoms with van der Waals surface area (Å²) in [5.41, 5.74) is 1.91. The van der Waals surface area contributed by atoms with E-state index in [0.29, 0.717) is 31.0 Å². The molecule has 208 valence electrons. The largest absolute Gasteiger partial charge is 0.493 e. The maximum absolute atomic E-state index is 13.2. The number of hydrogen-bond acceptors (Lipinski definition) is 7. The predicted molar refractivity (Wildman–Crippen MR) is 149 cm³/mol. The van der Waals surface area contributed by atoms with Gasteiger partial charge in [-0.25, -0.2) is 4.98 Å². The van der Waals surface area contributed by atoms with Gasteiger partial charge in [-0.2, -0.15) is 11.3 Å². The first-order chi connectivity index (χ1) is 18.9. The highest BCUT2D eigenvalue weighted by Crippen LogP contribution is 2.32. The number of aryl methyl sites for hydroxylation is 1. The van der Waals surface area contributed by atoms with Crippen LogP contribution in [0.3, 0.4) is 0 Å². The Bertz CT molecular complexity index is 1270. The first-order valence-electron chi connectivity index (χ1n) is 13.0. The summed E-state index contributed by atoms with van der Waals surface area (Å²) in [4.78, 5) is 45.2. The van der Waals surface area contributed by atoms with Crippen molar-refractivity contribution in [3.63, 3.8) is 0 Å². The molecule has 2 N–H and O–H groups in total. The Morgan fingerprint density at radius 2 is 2.10 bits per heavy atom. The lowest BCUT2D eigenvalue weighted by Gasteiger charge is -2.26. The molecule has 2 aromatic heterocycles. The van der Waals surface area contributed by atoms with Crippen LogP contribution in [0.2, 0.25) is 0 Å². The normalized spacial score (nSPS) is 17.0. The van der Waals surface area contributed by atoms with Crippen molar-refractivity contribution in [2.45, 2.75) is 39.3 Å². The molecule has 1 atom stereocenters. The van der Waals surface area contributed by atoms with Gasteiger partial charge in [0.15, 0.2) is 11.5 Å². The van der Waals surface area contributed by atoms with E-state index in [1.165, 1.54) is 4.90 Å². The number of nitrogens with one attached hydrogen (secondary N) is 2. The summed E-state index contributed by atoms with van der Waals surface area (Å²) in [5, 5.41) is 9.74. The standard InChI is InChI=1S/C28H35N5O5S/c1-19(2)26-28(36)30-10-12-32-11-9-29-27(32)21-5-6-22(37-3)23(16-21)38-14-13-33(17-24(34)31-26)25(35)7-4-20-8-15-39-18-20/h5-6,8-9,11,15-16,18-19,26H,4,7,10,12-14,17H2,1-3H3,(H,30,36)(H,31,34)/t26-/m1/s1. The van der Waals surface area contributed by atoms with Crippen molar-refractivity contribution in [1.29, 1.82) is 0 Å². The second-order valence-corrected chi connectivity index (χ2v) is 10.5. The molecule has 3 amide bonds. The minimum atomic E-state index is -0.728. The van der Waals surface area contributed by atoms with Gasteiger partial charge in [-0.05, 0) is 52.9 Å². The van der Waals surface area contributed by atoms with Crippen molar-refractivity contribution in [3.8, 4) is 22.9 Å². The number of nitrogens with zero attached hydrogens (tertiary/aromatic N) is 3. The van der Waals surface area contributed by atoms with Gasteiger partial charge in [-0.15, -0.1) is 0 Å². The molecule has 10 nitrogen and oxygen atoms in total. The number of amides is 3. The van der Waals surface area contributed by atoms with Crippen LogP contribution >= 0.6 is 11.3 Å². The number of benzene rings is 1. The van der Waals surface area contributed by atoms with E-state index in [2.05, 4.69) is 15.6 Å². The summed E-state index contributed by atoms with van der Waals surface area (Å²) in [6.07, 6.45) is 4.40. The Morgan fingerprint density at radius 3 is 2.85 bits per heavy atom. The number of rotatable bonds is 5. The van der Waals surface area contributed by atoms with Gasteiger partial charge in [-0.3, -0.25) is 14.4 Å². The Kier molecular flexibility index (Phi) is 9.59. The molecule has 0 aliphatic carbocycles. The molecule has 0 spiro atoms. The molecule has 11 heteroatoms. The molecule has 1 aromatic carbocycles. The van der Waals surface area contributed by atoms with Crippen molar-refractivity contribution in [1.82, 2.24) is 25.1 Å². The molecule has 39 heavy (non-hydrogen) atoms. The van der Waals surface area contributed by atoms with Crippen LogP contribution < -0.4 is 20.1 Å². The second kappa shape index (κ2) is 13.3. The van der Waals surface area contributed by atoms with E-state index in [1.807, 2.05) is 59.6 Å². The number of ether oxygens (including phenoxy) is 2. The molecular formula is C28H35N5O5S. The summed E-state index contributed by atoms with van der Waals surface area (Å²) >= 11 is 1.58. The monoisotopic (exact) mass is 553 g/mol. The molecule has 4 rings (SSSR count). The number of imidazole rings is 1. The van der Waals surface area contributed by atoms with Crippen LogP contribution in [0, 0.1) is 5.92 Å². The SMILES string of the molecule is COc1ccc2cc1OCCN(C(=O)CCc1ccsc1)CC(=O)N[C@H](C(C)C)C(=O)NCCn1ccnc1-2. The minimum absolute atomic E-state index is 0.139. The van der Waals surface area contributed by atoms with E-state index < -0.39 is 11.9 Å². The maximum Gasteiger partial charge on any atom is 0.242 e. The van der Waals surface area contributed by atoms with E-state index in [0.717, 1.165) is 17.0 Å². The van der Waals surface area contributed by atoms with Crippen LogP contribution in [-0.4, -0.2) is 71.6 Å². The highest BCUT2D eigenvalue weighted by atomic mass is 32.1. The molecule has 0 fully saturated rings. The smallest absolute Gasteiger partial charge is 0.242 e. The molecular weight excluding hydrogens is 518 g/mol. The second-order valence-electron chi connectivity index (χ2n) is 9.69. The van der Waals surface area contributed by atoms with E-state index >= 15 is 0 Å². The van der Waals surface area contributed by atoms with Crippen LogP contribution in [0.5, 0.6) is 11.5 Å². The molecule has 2 bridgehead atoms. The Morgan fingerprint density at radius 1 is 1.26 bits per heavy atom. The van der Waals surface area contributed by atoms with Crippen molar-refractivity contribution < 1.29 is 23.9 Å². The zero-order chi connectivity index (χ0) is 27.8. The predicted octanol–water partition coefficient (Wildman–Crippen LogP) is 2.73. The molecule has 0 unspecified atom stereocenters. The van der Waals surface area contributed by atoms with Gasteiger partial charge in [0.1, 0.15) is 18.5 Å². The van der Waals surface area contributed by atoms with E-state index in [4.69, 9.17) is 9.47 Å². The number of hydrogen-bond donors (Lipinski definition) is 2. The van der Waals surface area contributed by atoms with E-state index in [9.17, 15) is 14.4 Å². The first kappa shape index (κ1) is 28.2. The lowest BCUT2D eigenvalue weighted by molar-refractivity contribution is -0.137. The number of carbonyl (C=O) groups excluding carboxylic acids is 3. The Hall–Kier alpha value is -3.86. The number of carbonyl (C=O) groups is 3. The maximum atomic E-state index is 13.2. The lowest BCUT2D eigenvalue weighted by Crippen LogP contribution is -2.53. The average Bonchev–Trinajstić information content (AvgIpc) is 3.61. The van der Waals surface area contributed by atoms with Crippen LogP contribution in [0.1, 0.15) is 25.8 Å². The van der Waals surface area contributed by atoms with Gasteiger partial charge in [-0.1, -0.05) is 13.8 Å². The zero-order valence-corrected chi connectivity index (χ0v) is 23.3. The van der Waals surface area contributed by atoms with E-state index in [-0.39, 0.29) is 43.8 Å². The number of aromatic nitrogens is 2. The molecule has 3 aromatic rings. The fourth-order valence-electron chi connectivity index (χ4n) is 4.42. The molecule has 1 aliphatic heterocycles. The van der Waals surface area contributed by atoms with Crippen molar-refractivity contribution >= 4 is 29.1 Å². The summed E-state index contributed by atoms with van der Waals surface area (Å²) in [6.45, 7) is 4.77. The lowest BCUT2D eigenvalue weighted by atomic mass is 10.0. The Balaban J connectivity index is 1.59. The minimum Gasteiger partial charge on any atom is -0.493 e. The topological polar surface area (TPSA) is 115 Å². The molecule has 0 saturated heterocycles. The molecule has 0 saturated carbocycles. The highest BCUT2D eigenvalue weighted by molar-refractivity contribution is 7.07. The summed E-state index contributed by atoms with van der Waals surface area (Å²) < 4.78 is 13.5. The van der Waals surface area contributed by atoms with Gasteiger partial charge in [0.05, 0.1) is 20.2 Å². The number of thiophene rings is 1. The van der Waals surface area contributed by atoms with Crippen LogP contribution in [0.4, 0.5) is 0 Å². The average molecular weight is 554 g/mol. The number of fused-ring (bicyclic) bond motifs is 4. The summed E-state index contributed by atoms with van der Waals surface area (Å²) in [5.74, 6) is 0.821. The van der Waals surface area contributed by atoms with Crippen LogP contribution in [0.15, 0.2) is 47.4 Å². The van der Waals surface area contributed by atoms with Crippen molar-refractivity contribution in [2.75, 3.05) is 33.4 Å². The highest BCUT2D eigenvalue weighted by Gasteiger charge is 2.26. The third kappa shape index (κ3) is 7.38. The van der Waals surface area contributed by atoms with Gasteiger partial charge in [0.2, 0.25) is 17.7 Å². The van der Waals surface area contributed by atoms with Gasteiger partial charge >= 0.3 is 0 Å². The quantitative estimate of drug-likeness (QED) is 0.502. The fourth-order valence-corrected chi connectivity index (χ4v) is 5.12. The first-order valence-corrected chi connectivity index (χ1v) is 14.0. The van der Waals surface area contributed by atoms with E-state index in [1.54, 1.807) is 24.6 Å². The number of methoxy groups -OCH3 is 1. The third-order valence-corrected chi connectivity index (χ3v) is 7.30. The van der Waals surface area contributed by atoms with Crippen molar-refractivity contribution in [2.24, 2.45) is 5.92 Å². The van der Waals surface area contributed by atoms with Crippen LogP contribution in [-0.2, 0) is 27.3 Å². The fraction of sp³-hybridized carbons (Fsp3) is 0.429. The Labute approximate surface area is 232 Å². The van der Waals surface area contributed by atoms with Crippen LogP contribution in [0.25, 0.3) is 11.4 Å². The van der Waals surface area contributed by atoms with Crippen molar-refractivity contribution in [3.05, 3.63) is 53.0 Å². The molecule has 0 radical (unpaired) electrons. The zero-order valence-electron chi connectivity index (χ0n) is 22.5. The molecule has 3 heterocycles. The third-order valence-electron chi connectivity index (χ3n) is 6.57. The summed E-state index contributed by atoms with van der Waals surface area (Å²) in [7, 11) is 1.57. The van der Waals surface area contributed by atoms with Gasteiger partial charge < -0.3 is 29.6 Å². The van der Waals surface area contributed by atoms with Gasteiger partial charge in [0, 0.05) is 37.5 Å².